The van der Waals surface area contributed by atoms with E-state index in [0.29, 0.717) is 18.7 Å². The number of aromatic nitrogens is 4. The van der Waals surface area contributed by atoms with Crippen LogP contribution in [0.3, 0.4) is 0 Å². The zero-order chi connectivity index (χ0) is 18.3. The van der Waals surface area contributed by atoms with E-state index in [2.05, 4.69) is 15.5 Å². The van der Waals surface area contributed by atoms with Crippen molar-refractivity contribution >= 4 is 17.6 Å². The number of aliphatic carboxylic acids is 1. The van der Waals surface area contributed by atoms with E-state index in [0.717, 1.165) is 18.5 Å². The molecule has 2 aliphatic heterocycles. The Labute approximate surface area is 149 Å². The van der Waals surface area contributed by atoms with Gasteiger partial charge >= 0.3 is 5.97 Å². The molecule has 4 atom stereocenters. The molecular weight excluding hydrogens is 338 g/mol. The number of nitrogens with zero attached hydrogens (tertiary/aromatic N) is 4. The van der Waals surface area contributed by atoms with E-state index in [1.54, 1.807) is 23.3 Å². The minimum atomic E-state index is -0.971. The van der Waals surface area contributed by atoms with E-state index >= 15 is 0 Å². The minimum Gasteiger partial charge on any atom is -0.481 e. The van der Waals surface area contributed by atoms with Crippen molar-refractivity contribution in [1.29, 1.82) is 0 Å². The van der Waals surface area contributed by atoms with Gasteiger partial charge in [-0.1, -0.05) is 0 Å². The van der Waals surface area contributed by atoms with Crippen LogP contribution in [0.4, 0.5) is 5.69 Å². The van der Waals surface area contributed by atoms with Gasteiger partial charge in [0.15, 0.2) is 0 Å². The minimum absolute atomic E-state index is 0.309. The first kappa shape index (κ1) is 16.8. The molecule has 2 aromatic heterocycles. The van der Waals surface area contributed by atoms with Crippen molar-refractivity contribution in [2.24, 2.45) is 11.8 Å². The number of carbonyl (C=O) groups is 2. The smallest absolute Gasteiger partial charge is 0.310 e. The second-order valence-corrected chi connectivity index (χ2v) is 6.80. The standard InChI is InChI=1S/C17H21N5O4/c1-2-21-7-10(5-18-21)8-22-9-11(6-19-22)20-16(23)14-12-3-4-13(26-12)15(14)17(24)25/h5-7,9,12-15H,2-4,8H2,1H3,(H,20,23)(H,24,25)/t12-,13-,14-,15+/m1/s1. The summed E-state index contributed by atoms with van der Waals surface area (Å²) in [6, 6.07) is 0. The predicted octanol–water partition coefficient (Wildman–Crippen LogP) is 0.964. The first-order valence-corrected chi connectivity index (χ1v) is 8.78. The van der Waals surface area contributed by atoms with Crippen LogP contribution in [-0.4, -0.2) is 48.8 Å². The number of hydrogen-bond acceptors (Lipinski definition) is 5. The third kappa shape index (κ3) is 2.98. The summed E-state index contributed by atoms with van der Waals surface area (Å²) < 4.78 is 9.19. The average molecular weight is 359 g/mol. The van der Waals surface area contributed by atoms with Gasteiger partial charge in [0.1, 0.15) is 0 Å². The van der Waals surface area contributed by atoms with Crippen LogP contribution in [0, 0.1) is 11.8 Å². The average Bonchev–Trinajstić information content (AvgIpc) is 3.38. The molecule has 0 unspecified atom stereocenters. The van der Waals surface area contributed by atoms with Gasteiger partial charge in [-0.2, -0.15) is 10.2 Å². The highest BCUT2D eigenvalue weighted by Gasteiger charge is 2.55. The summed E-state index contributed by atoms with van der Waals surface area (Å²) in [5, 5.41) is 20.7. The van der Waals surface area contributed by atoms with E-state index in [1.807, 2.05) is 17.8 Å². The Balaban J connectivity index is 1.42. The lowest BCUT2D eigenvalue weighted by Gasteiger charge is -2.23. The molecule has 9 heteroatoms. The number of nitrogens with one attached hydrogen (secondary N) is 1. The molecular formula is C17H21N5O4. The van der Waals surface area contributed by atoms with Crippen LogP contribution in [0.5, 0.6) is 0 Å². The molecule has 2 N–H and O–H groups in total. The lowest BCUT2D eigenvalue weighted by atomic mass is 9.78. The Morgan fingerprint density at radius 3 is 2.62 bits per heavy atom. The van der Waals surface area contributed by atoms with E-state index < -0.39 is 17.8 Å². The maximum Gasteiger partial charge on any atom is 0.310 e. The van der Waals surface area contributed by atoms with Crippen LogP contribution in [0.1, 0.15) is 25.3 Å². The number of anilines is 1. The quantitative estimate of drug-likeness (QED) is 0.795. The number of amides is 1. The molecule has 26 heavy (non-hydrogen) atoms. The number of hydrogen-bond donors (Lipinski definition) is 2. The summed E-state index contributed by atoms with van der Waals surface area (Å²) in [4.78, 5) is 24.1. The molecule has 0 saturated carbocycles. The van der Waals surface area contributed by atoms with Crippen LogP contribution in [0.25, 0.3) is 0 Å². The van der Waals surface area contributed by atoms with Crippen LogP contribution < -0.4 is 5.32 Å². The fourth-order valence-corrected chi connectivity index (χ4v) is 3.91. The second-order valence-electron chi connectivity index (χ2n) is 6.80. The van der Waals surface area contributed by atoms with Gasteiger partial charge in [0.25, 0.3) is 0 Å². The Morgan fingerprint density at radius 1 is 1.19 bits per heavy atom. The van der Waals surface area contributed by atoms with Crippen molar-refractivity contribution in [2.45, 2.75) is 45.1 Å². The summed E-state index contributed by atoms with van der Waals surface area (Å²) >= 11 is 0. The summed E-state index contributed by atoms with van der Waals surface area (Å²) in [7, 11) is 0. The van der Waals surface area contributed by atoms with Gasteiger partial charge in [0, 0.05) is 24.5 Å². The van der Waals surface area contributed by atoms with Gasteiger partial charge in [-0.3, -0.25) is 19.0 Å². The molecule has 2 bridgehead atoms. The van der Waals surface area contributed by atoms with Crippen molar-refractivity contribution in [3.05, 3.63) is 30.4 Å². The maximum atomic E-state index is 12.6. The van der Waals surface area contributed by atoms with E-state index in [4.69, 9.17) is 4.74 Å². The van der Waals surface area contributed by atoms with Gasteiger partial charge in [0.2, 0.25) is 5.91 Å². The Morgan fingerprint density at radius 2 is 1.92 bits per heavy atom. The van der Waals surface area contributed by atoms with Gasteiger partial charge < -0.3 is 15.2 Å². The molecule has 1 amide bonds. The van der Waals surface area contributed by atoms with Crippen molar-refractivity contribution in [3.63, 3.8) is 0 Å². The Bertz CT molecular complexity index is 829. The zero-order valence-electron chi connectivity index (χ0n) is 14.4. The molecule has 4 heterocycles. The van der Waals surface area contributed by atoms with E-state index in [9.17, 15) is 14.7 Å². The molecule has 0 radical (unpaired) electrons. The number of fused-ring (bicyclic) bond motifs is 2. The monoisotopic (exact) mass is 359 g/mol. The highest BCUT2D eigenvalue weighted by molar-refractivity contribution is 5.96. The molecule has 2 aliphatic rings. The van der Waals surface area contributed by atoms with Gasteiger partial charge in [-0.15, -0.1) is 0 Å². The van der Waals surface area contributed by atoms with Crippen molar-refractivity contribution in [2.75, 3.05) is 5.32 Å². The SMILES string of the molecule is CCn1cc(Cn2cc(NC(=O)[C@H]3[C@@H](C(=O)O)[C@H]4CC[C@H]3O4)cn2)cn1. The van der Waals surface area contributed by atoms with E-state index in [1.165, 1.54) is 0 Å². The van der Waals surface area contributed by atoms with Gasteiger partial charge in [0.05, 0.1) is 48.7 Å². The molecule has 2 fully saturated rings. The van der Waals surface area contributed by atoms with Crippen LogP contribution in [0.15, 0.2) is 24.8 Å². The highest BCUT2D eigenvalue weighted by atomic mass is 16.5. The highest BCUT2D eigenvalue weighted by Crippen LogP contribution is 2.44. The number of carboxylic acids is 1. The largest absolute Gasteiger partial charge is 0.481 e. The molecule has 9 nitrogen and oxygen atoms in total. The Kier molecular flexibility index (Phi) is 4.23. The molecule has 4 rings (SSSR count). The van der Waals surface area contributed by atoms with Gasteiger partial charge in [-0.05, 0) is 19.8 Å². The summed E-state index contributed by atoms with van der Waals surface area (Å²) in [5.41, 5.74) is 1.56. The topological polar surface area (TPSA) is 111 Å². The molecule has 0 aliphatic carbocycles. The summed E-state index contributed by atoms with van der Waals surface area (Å²) in [5.74, 6) is -2.72. The molecule has 2 saturated heterocycles. The lowest BCUT2D eigenvalue weighted by Crippen LogP contribution is -2.40. The zero-order valence-corrected chi connectivity index (χ0v) is 14.4. The number of rotatable bonds is 6. The summed E-state index contributed by atoms with van der Waals surface area (Å²) in [6.07, 6.45) is 7.79. The second kappa shape index (κ2) is 6.56. The lowest BCUT2D eigenvalue weighted by molar-refractivity contribution is -0.147. The fraction of sp³-hybridized carbons (Fsp3) is 0.529. The van der Waals surface area contributed by atoms with Crippen LogP contribution in [0.2, 0.25) is 0 Å². The third-order valence-electron chi connectivity index (χ3n) is 5.12. The van der Waals surface area contributed by atoms with Crippen LogP contribution in [-0.2, 0) is 27.4 Å². The number of ether oxygens (including phenoxy) is 1. The van der Waals surface area contributed by atoms with Crippen molar-refractivity contribution in [3.8, 4) is 0 Å². The predicted molar refractivity (Wildman–Crippen MR) is 90.4 cm³/mol. The van der Waals surface area contributed by atoms with E-state index in [-0.39, 0.29) is 18.1 Å². The number of aryl methyl sites for hydroxylation is 1. The Hall–Kier alpha value is -2.68. The number of carboxylic acid groups (broad SMARTS) is 1. The first-order valence-electron chi connectivity index (χ1n) is 8.78. The van der Waals surface area contributed by atoms with Crippen molar-refractivity contribution < 1.29 is 19.4 Å². The van der Waals surface area contributed by atoms with Crippen molar-refractivity contribution in [1.82, 2.24) is 19.6 Å². The molecule has 0 spiro atoms. The molecule has 0 aromatic carbocycles. The maximum absolute atomic E-state index is 12.6. The first-order chi connectivity index (χ1) is 12.5. The fourth-order valence-electron chi connectivity index (χ4n) is 3.91. The van der Waals surface area contributed by atoms with Crippen LogP contribution >= 0.6 is 0 Å². The molecule has 138 valence electrons. The normalized spacial score (nSPS) is 27.0. The number of carbonyl (C=O) groups excluding carboxylic acids is 1. The summed E-state index contributed by atoms with van der Waals surface area (Å²) in [6.45, 7) is 3.36. The third-order valence-corrected chi connectivity index (χ3v) is 5.12. The molecule has 2 aromatic rings. The van der Waals surface area contributed by atoms with Gasteiger partial charge in [-0.25, -0.2) is 0 Å².